The lowest BCUT2D eigenvalue weighted by Crippen LogP contribution is -2.27. The molecule has 1 aliphatic rings. The van der Waals surface area contributed by atoms with Crippen LogP contribution in [0.5, 0.6) is 0 Å². The largest absolute Gasteiger partial charge is 0.481 e. The number of carboxylic acids is 1. The topological polar surface area (TPSA) is 37.3 Å². The number of aliphatic carboxylic acids is 1. The molecule has 0 radical (unpaired) electrons. The van der Waals surface area contributed by atoms with Crippen molar-refractivity contribution in [2.45, 2.75) is 38.5 Å². The molecule has 0 heterocycles. The molecule has 0 amide bonds. The van der Waals surface area contributed by atoms with Crippen molar-refractivity contribution in [1.82, 2.24) is 0 Å². The van der Waals surface area contributed by atoms with Crippen LogP contribution in [0.3, 0.4) is 0 Å². The zero-order chi connectivity index (χ0) is 13.0. The van der Waals surface area contributed by atoms with Gasteiger partial charge in [0.15, 0.2) is 0 Å². The molecule has 1 saturated carbocycles. The highest BCUT2D eigenvalue weighted by molar-refractivity contribution is 5.70. The molecule has 0 saturated heterocycles. The van der Waals surface area contributed by atoms with Gasteiger partial charge in [-0.3, -0.25) is 4.79 Å². The molecule has 0 spiro atoms. The van der Waals surface area contributed by atoms with Crippen LogP contribution in [0, 0.1) is 17.7 Å². The van der Waals surface area contributed by atoms with Gasteiger partial charge in [-0.15, -0.1) is 0 Å². The molecule has 2 nitrogen and oxygen atoms in total. The summed E-state index contributed by atoms with van der Waals surface area (Å²) in [5.41, 5.74) is 0.911. The Morgan fingerprint density at radius 3 is 2.39 bits per heavy atom. The lowest BCUT2D eigenvalue weighted by Gasteiger charge is -2.27. The average Bonchev–Trinajstić information content (AvgIpc) is 2.38. The third-order valence-electron chi connectivity index (χ3n) is 3.90. The molecule has 1 atom stereocenters. The fourth-order valence-electron chi connectivity index (χ4n) is 2.87. The predicted molar refractivity (Wildman–Crippen MR) is 67.8 cm³/mol. The van der Waals surface area contributed by atoms with E-state index in [2.05, 4.69) is 0 Å². The minimum atomic E-state index is -0.716. The van der Waals surface area contributed by atoms with Crippen molar-refractivity contribution in [3.8, 4) is 0 Å². The van der Waals surface area contributed by atoms with Crippen LogP contribution in [0.1, 0.15) is 37.7 Å². The summed E-state index contributed by atoms with van der Waals surface area (Å²) in [5.74, 6) is -1.04. The van der Waals surface area contributed by atoms with E-state index in [1.807, 2.05) is 0 Å². The van der Waals surface area contributed by atoms with Gasteiger partial charge < -0.3 is 5.11 Å². The second-order valence-corrected chi connectivity index (χ2v) is 5.17. The van der Waals surface area contributed by atoms with Crippen molar-refractivity contribution < 1.29 is 14.3 Å². The molecular weight excluding hydrogens is 231 g/mol. The number of hydrogen-bond acceptors (Lipinski definition) is 1. The van der Waals surface area contributed by atoms with Crippen LogP contribution in [0.2, 0.25) is 0 Å². The summed E-state index contributed by atoms with van der Waals surface area (Å²) < 4.78 is 12.8. The quantitative estimate of drug-likeness (QED) is 0.885. The Hall–Kier alpha value is -1.38. The lowest BCUT2D eigenvalue weighted by molar-refractivity contribution is -0.144. The number of rotatable bonds is 4. The van der Waals surface area contributed by atoms with E-state index in [9.17, 15) is 14.3 Å². The van der Waals surface area contributed by atoms with Gasteiger partial charge in [0.1, 0.15) is 5.82 Å². The summed E-state index contributed by atoms with van der Waals surface area (Å²) in [4.78, 5) is 11.4. The Kier molecular flexibility index (Phi) is 4.34. The van der Waals surface area contributed by atoms with Crippen LogP contribution in [0.15, 0.2) is 24.3 Å². The first-order chi connectivity index (χ1) is 8.66. The predicted octanol–water partition coefficient (Wildman–Crippen LogP) is 3.65. The SMILES string of the molecule is O=C(O)C(Cc1ccc(F)cc1)C1CCCCC1. The van der Waals surface area contributed by atoms with Crippen LogP contribution >= 0.6 is 0 Å². The number of carbonyl (C=O) groups is 1. The van der Waals surface area contributed by atoms with Crippen molar-refractivity contribution >= 4 is 5.97 Å². The van der Waals surface area contributed by atoms with Crippen LogP contribution in [0.25, 0.3) is 0 Å². The van der Waals surface area contributed by atoms with Crippen molar-refractivity contribution in [3.05, 3.63) is 35.6 Å². The maximum atomic E-state index is 12.8. The van der Waals surface area contributed by atoms with Crippen molar-refractivity contribution in [2.75, 3.05) is 0 Å². The molecule has 0 bridgehead atoms. The highest BCUT2D eigenvalue weighted by Gasteiger charge is 2.29. The van der Waals surface area contributed by atoms with E-state index >= 15 is 0 Å². The van der Waals surface area contributed by atoms with Gasteiger partial charge in [0.05, 0.1) is 5.92 Å². The Bertz CT molecular complexity index is 393. The third-order valence-corrected chi connectivity index (χ3v) is 3.90. The molecule has 1 aliphatic carbocycles. The Morgan fingerprint density at radius 1 is 1.22 bits per heavy atom. The zero-order valence-electron chi connectivity index (χ0n) is 10.4. The highest BCUT2D eigenvalue weighted by Crippen LogP contribution is 2.32. The first-order valence-electron chi connectivity index (χ1n) is 6.64. The number of benzene rings is 1. The van der Waals surface area contributed by atoms with Gasteiger partial charge in [0.2, 0.25) is 0 Å². The van der Waals surface area contributed by atoms with E-state index in [1.165, 1.54) is 18.6 Å². The van der Waals surface area contributed by atoms with E-state index in [0.717, 1.165) is 31.2 Å². The molecule has 3 heteroatoms. The van der Waals surface area contributed by atoms with Gasteiger partial charge >= 0.3 is 5.97 Å². The maximum Gasteiger partial charge on any atom is 0.307 e. The minimum absolute atomic E-state index is 0.275. The third kappa shape index (κ3) is 3.31. The molecular formula is C15H19FO2. The summed E-state index contributed by atoms with van der Waals surface area (Å²) >= 11 is 0. The molecule has 1 unspecified atom stereocenters. The normalized spacial score (nSPS) is 18.5. The second kappa shape index (κ2) is 5.98. The molecule has 0 aliphatic heterocycles. The summed E-state index contributed by atoms with van der Waals surface area (Å²) in [6, 6.07) is 6.17. The number of halogens is 1. The van der Waals surface area contributed by atoms with Crippen LogP contribution in [-0.2, 0) is 11.2 Å². The summed E-state index contributed by atoms with van der Waals surface area (Å²) in [6.07, 6.45) is 6.03. The van der Waals surface area contributed by atoms with E-state index in [0.29, 0.717) is 6.42 Å². The molecule has 1 N–H and O–H groups in total. The van der Waals surface area contributed by atoms with Crippen molar-refractivity contribution in [2.24, 2.45) is 11.8 Å². The van der Waals surface area contributed by atoms with Gasteiger partial charge in [-0.05, 0) is 42.9 Å². The van der Waals surface area contributed by atoms with E-state index in [4.69, 9.17) is 0 Å². The summed E-state index contributed by atoms with van der Waals surface area (Å²) in [6.45, 7) is 0. The van der Waals surface area contributed by atoms with Crippen LogP contribution in [-0.4, -0.2) is 11.1 Å². The van der Waals surface area contributed by atoms with E-state index in [1.54, 1.807) is 12.1 Å². The van der Waals surface area contributed by atoms with Gasteiger partial charge in [0.25, 0.3) is 0 Å². The zero-order valence-corrected chi connectivity index (χ0v) is 10.4. The first kappa shape index (κ1) is 13.1. The molecule has 1 fully saturated rings. The number of carboxylic acid groups (broad SMARTS) is 1. The average molecular weight is 250 g/mol. The maximum absolute atomic E-state index is 12.8. The van der Waals surface area contributed by atoms with Gasteiger partial charge in [-0.25, -0.2) is 4.39 Å². The minimum Gasteiger partial charge on any atom is -0.481 e. The fraction of sp³-hybridized carbons (Fsp3) is 0.533. The van der Waals surface area contributed by atoms with Crippen molar-refractivity contribution in [1.29, 1.82) is 0 Å². The summed E-state index contributed by atoms with van der Waals surface area (Å²) in [5, 5.41) is 9.37. The molecule has 0 aromatic heterocycles. The van der Waals surface area contributed by atoms with E-state index < -0.39 is 5.97 Å². The molecule has 98 valence electrons. The lowest BCUT2D eigenvalue weighted by atomic mass is 9.77. The summed E-state index contributed by atoms with van der Waals surface area (Å²) in [7, 11) is 0. The van der Waals surface area contributed by atoms with Crippen LogP contribution < -0.4 is 0 Å². The highest BCUT2D eigenvalue weighted by atomic mass is 19.1. The standard InChI is InChI=1S/C15H19FO2/c16-13-8-6-11(7-9-13)10-14(15(17)18)12-4-2-1-3-5-12/h6-9,12,14H,1-5,10H2,(H,17,18). The van der Waals surface area contributed by atoms with Gasteiger partial charge in [-0.1, -0.05) is 31.4 Å². The van der Waals surface area contributed by atoms with Gasteiger partial charge in [-0.2, -0.15) is 0 Å². The molecule has 18 heavy (non-hydrogen) atoms. The fourth-order valence-corrected chi connectivity index (χ4v) is 2.87. The Morgan fingerprint density at radius 2 is 1.83 bits per heavy atom. The number of hydrogen-bond donors (Lipinski definition) is 1. The Labute approximate surface area is 107 Å². The first-order valence-corrected chi connectivity index (χ1v) is 6.64. The molecule has 1 aromatic rings. The van der Waals surface area contributed by atoms with Crippen LogP contribution in [0.4, 0.5) is 4.39 Å². The Balaban J connectivity index is 2.05. The monoisotopic (exact) mass is 250 g/mol. The molecule has 2 rings (SSSR count). The second-order valence-electron chi connectivity index (χ2n) is 5.17. The smallest absolute Gasteiger partial charge is 0.307 e. The van der Waals surface area contributed by atoms with Crippen molar-refractivity contribution in [3.63, 3.8) is 0 Å². The van der Waals surface area contributed by atoms with E-state index in [-0.39, 0.29) is 17.7 Å². The molecule has 1 aromatic carbocycles. The van der Waals surface area contributed by atoms with Gasteiger partial charge in [0, 0.05) is 0 Å².